The van der Waals surface area contributed by atoms with Crippen molar-refractivity contribution in [1.82, 2.24) is 15.0 Å². The number of pyridine rings is 1. The maximum absolute atomic E-state index is 13.4. The minimum atomic E-state index is -4.57. The number of benzene rings is 2. The molecule has 210 valence electrons. The number of nitrogens with zero attached hydrogens (tertiary/aromatic N) is 5. The first-order valence-electron chi connectivity index (χ1n) is 12.3. The van der Waals surface area contributed by atoms with Gasteiger partial charge in [0.1, 0.15) is 17.3 Å². The Kier molecular flexibility index (Phi) is 7.18. The lowest BCUT2D eigenvalue weighted by Crippen LogP contribution is -2.46. The summed E-state index contributed by atoms with van der Waals surface area (Å²) < 4.78 is 44.6. The Morgan fingerprint density at radius 2 is 1.90 bits per heavy atom. The fraction of sp³-hybridized carbons (Fsp3) is 0.179. The van der Waals surface area contributed by atoms with Crippen molar-refractivity contribution in [1.29, 1.82) is 0 Å². The molecule has 3 heterocycles. The quantitative estimate of drug-likeness (QED) is 0.306. The predicted molar refractivity (Wildman–Crippen MR) is 147 cm³/mol. The number of rotatable bonds is 6. The van der Waals surface area contributed by atoms with E-state index in [1.807, 2.05) is 0 Å². The Morgan fingerprint density at radius 1 is 1.10 bits per heavy atom. The molecule has 0 bridgehead atoms. The van der Waals surface area contributed by atoms with E-state index in [1.165, 1.54) is 29.0 Å². The van der Waals surface area contributed by atoms with Gasteiger partial charge in [-0.3, -0.25) is 19.6 Å². The molecule has 13 heteroatoms. The summed E-state index contributed by atoms with van der Waals surface area (Å²) in [5.41, 5.74) is 1.74. The van der Waals surface area contributed by atoms with Crippen LogP contribution in [0.15, 0.2) is 67.1 Å². The Balaban J connectivity index is 1.38. The van der Waals surface area contributed by atoms with Crippen LogP contribution in [0.25, 0.3) is 0 Å². The van der Waals surface area contributed by atoms with Gasteiger partial charge >= 0.3 is 12.2 Å². The SMILES string of the molecule is COc1ccncc1Nc1ncc2c(n1)N(C)C(=O)N(c1cc(NC(=O)c3cccc(C(F)(F)F)c3)ccc1C)C2. The number of hydrogen-bond acceptors (Lipinski definition) is 7. The van der Waals surface area contributed by atoms with Crippen molar-refractivity contribution in [3.8, 4) is 5.75 Å². The van der Waals surface area contributed by atoms with Gasteiger partial charge in [-0.2, -0.15) is 18.2 Å². The smallest absolute Gasteiger partial charge is 0.416 e. The van der Waals surface area contributed by atoms with Crippen LogP contribution in [0.4, 0.5) is 46.8 Å². The Morgan fingerprint density at radius 3 is 2.66 bits per heavy atom. The number of hydrogen-bond donors (Lipinski definition) is 2. The van der Waals surface area contributed by atoms with E-state index < -0.39 is 17.6 Å². The summed E-state index contributed by atoms with van der Waals surface area (Å²) >= 11 is 0. The van der Waals surface area contributed by atoms with Gasteiger partial charge in [0, 0.05) is 42.3 Å². The normalized spacial score (nSPS) is 13.1. The van der Waals surface area contributed by atoms with E-state index in [-0.39, 0.29) is 24.1 Å². The van der Waals surface area contributed by atoms with Crippen molar-refractivity contribution in [2.24, 2.45) is 0 Å². The zero-order valence-corrected chi connectivity index (χ0v) is 22.2. The molecule has 5 rings (SSSR count). The Hall–Kier alpha value is -5.20. The monoisotopic (exact) mass is 563 g/mol. The van der Waals surface area contributed by atoms with Gasteiger partial charge in [0.05, 0.1) is 31.1 Å². The fourth-order valence-electron chi connectivity index (χ4n) is 4.35. The van der Waals surface area contributed by atoms with Gasteiger partial charge in [-0.05, 0) is 42.8 Å². The number of urea groups is 1. The van der Waals surface area contributed by atoms with Crippen molar-refractivity contribution in [3.05, 3.63) is 89.4 Å². The number of carbonyl (C=O) groups is 2. The van der Waals surface area contributed by atoms with Crippen molar-refractivity contribution < 1.29 is 27.5 Å². The molecule has 1 aliphatic heterocycles. The second-order valence-corrected chi connectivity index (χ2v) is 9.21. The molecule has 0 radical (unpaired) electrons. The van der Waals surface area contributed by atoms with Crippen molar-refractivity contribution in [2.45, 2.75) is 19.6 Å². The summed E-state index contributed by atoms with van der Waals surface area (Å²) in [7, 11) is 3.12. The summed E-state index contributed by atoms with van der Waals surface area (Å²) in [4.78, 5) is 42.1. The maximum Gasteiger partial charge on any atom is 0.416 e. The van der Waals surface area contributed by atoms with Gasteiger partial charge in [-0.1, -0.05) is 12.1 Å². The average Bonchev–Trinajstić information content (AvgIpc) is 2.96. The number of nitrogens with one attached hydrogen (secondary N) is 2. The number of alkyl halides is 3. The highest BCUT2D eigenvalue weighted by Gasteiger charge is 2.32. The molecule has 0 aliphatic carbocycles. The van der Waals surface area contributed by atoms with Crippen LogP contribution in [0.1, 0.15) is 27.0 Å². The molecule has 10 nitrogen and oxygen atoms in total. The highest BCUT2D eigenvalue weighted by Crippen LogP contribution is 2.34. The number of ether oxygens (including phenoxy) is 1. The van der Waals surface area contributed by atoms with Gasteiger partial charge < -0.3 is 15.4 Å². The lowest BCUT2D eigenvalue weighted by Gasteiger charge is -2.35. The van der Waals surface area contributed by atoms with Gasteiger partial charge in [0.15, 0.2) is 0 Å². The fourth-order valence-corrected chi connectivity index (χ4v) is 4.35. The van der Waals surface area contributed by atoms with E-state index in [0.717, 1.165) is 17.7 Å². The summed E-state index contributed by atoms with van der Waals surface area (Å²) in [6.07, 6.45) is 0.195. The predicted octanol–water partition coefficient (Wildman–Crippen LogP) is 5.78. The first-order chi connectivity index (χ1) is 19.5. The molecule has 2 aromatic heterocycles. The molecular weight excluding hydrogens is 539 g/mol. The lowest BCUT2D eigenvalue weighted by molar-refractivity contribution is -0.137. The van der Waals surface area contributed by atoms with E-state index in [4.69, 9.17) is 4.74 Å². The van der Waals surface area contributed by atoms with Crippen LogP contribution >= 0.6 is 0 Å². The van der Waals surface area contributed by atoms with Crippen LogP contribution in [-0.2, 0) is 12.7 Å². The number of halogens is 3. The van der Waals surface area contributed by atoms with Gasteiger partial charge in [0.2, 0.25) is 5.95 Å². The number of aromatic nitrogens is 3. The number of fused-ring (bicyclic) bond motifs is 1. The molecule has 4 aromatic rings. The summed E-state index contributed by atoms with van der Waals surface area (Å²) in [5, 5.41) is 5.67. The first kappa shape index (κ1) is 27.4. The van der Waals surface area contributed by atoms with E-state index in [0.29, 0.717) is 34.2 Å². The molecule has 2 aromatic carbocycles. The molecule has 3 amide bonds. The zero-order valence-electron chi connectivity index (χ0n) is 22.2. The molecule has 0 saturated heterocycles. The topological polar surface area (TPSA) is 113 Å². The second-order valence-electron chi connectivity index (χ2n) is 9.21. The number of carbonyl (C=O) groups excluding carboxylic acids is 2. The summed E-state index contributed by atoms with van der Waals surface area (Å²) in [6.45, 7) is 1.96. The Labute approximate surface area is 232 Å². The van der Waals surface area contributed by atoms with Crippen molar-refractivity contribution in [3.63, 3.8) is 0 Å². The second kappa shape index (κ2) is 10.8. The minimum absolute atomic E-state index is 0.143. The molecule has 2 N–H and O–H groups in total. The highest BCUT2D eigenvalue weighted by atomic mass is 19.4. The lowest BCUT2D eigenvalue weighted by atomic mass is 10.1. The third-order valence-electron chi connectivity index (χ3n) is 6.46. The molecule has 1 aliphatic rings. The molecule has 0 atom stereocenters. The number of methoxy groups -OCH3 is 1. The molecule has 41 heavy (non-hydrogen) atoms. The summed E-state index contributed by atoms with van der Waals surface area (Å²) in [6, 6.07) is 10.4. The van der Waals surface area contributed by atoms with Gasteiger partial charge in [-0.25, -0.2) is 9.78 Å². The molecule has 0 unspecified atom stereocenters. The van der Waals surface area contributed by atoms with E-state index in [1.54, 1.807) is 56.8 Å². The number of anilines is 5. The van der Waals surface area contributed by atoms with Crippen LogP contribution in [0, 0.1) is 6.92 Å². The van der Waals surface area contributed by atoms with Crippen LogP contribution in [0.5, 0.6) is 5.75 Å². The largest absolute Gasteiger partial charge is 0.494 e. The van der Waals surface area contributed by atoms with E-state index in [2.05, 4.69) is 25.6 Å². The van der Waals surface area contributed by atoms with Crippen LogP contribution in [0.3, 0.4) is 0 Å². The molecular formula is C28H24F3N7O3. The van der Waals surface area contributed by atoms with Crippen molar-refractivity contribution >= 4 is 40.8 Å². The molecule has 0 spiro atoms. The minimum Gasteiger partial charge on any atom is -0.494 e. The van der Waals surface area contributed by atoms with Crippen LogP contribution < -0.4 is 25.2 Å². The first-order valence-corrected chi connectivity index (χ1v) is 12.3. The molecule has 0 fully saturated rings. The molecule has 0 saturated carbocycles. The zero-order chi connectivity index (χ0) is 29.3. The highest BCUT2D eigenvalue weighted by molar-refractivity contribution is 6.07. The van der Waals surface area contributed by atoms with Crippen LogP contribution in [-0.4, -0.2) is 41.0 Å². The third kappa shape index (κ3) is 5.60. The maximum atomic E-state index is 13.4. The van der Waals surface area contributed by atoms with Gasteiger partial charge in [0.25, 0.3) is 5.91 Å². The number of aryl methyl sites for hydroxylation is 1. The summed E-state index contributed by atoms with van der Waals surface area (Å²) in [5.74, 6) is 0.501. The van der Waals surface area contributed by atoms with E-state index in [9.17, 15) is 22.8 Å². The number of amides is 3. The average molecular weight is 564 g/mol. The van der Waals surface area contributed by atoms with Crippen molar-refractivity contribution in [2.75, 3.05) is 34.6 Å². The van der Waals surface area contributed by atoms with Crippen LogP contribution in [0.2, 0.25) is 0 Å². The third-order valence-corrected chi connectivity index (χ3v) is 6.46. The Bertz CT molecular complexity index is 1640. The standard InChI is InChI=1S/C28H24F3N7O3/c1-16-7-8-20(34-25(39)17-5-4-6-19(11-17)28(29,30)31)12-22(16)38-15-18-13-33-26(36-24(18)37(2)27(38)40)35-21-14-32-10-9-23(21)41-3/h4-14H,15H2,1-3H3,(H,34,39)(H,33,35,36). The van der Waals surface area contributed by atoms with E-state index >= 15 is 0 Å². The van der Waals surface area contributed by atoms with Gasteiger partial charge in [-0.15, -0.1) is 0 Å².